The number of carboxylic acids is 1. The number of benzene rings is 1. The van der Waals surface area contributed by atoms with Crippen LogP contribution in [0.25, 0.3) is 11.0 Å². The van der Waals surface area contributed by atoms with E-state index in [9.17, 15) is 9.59 Å². The van der Waals surface area contributed by atoms with E-state index in [1.54, 1.807) is 28.9 Å². The van der Waals surface area contributed by atoms with E-state index in [0.717, 1.165) is 29.6 Å². The number of rotatable bonds is 6. The van der Waals surface area contributed by atoms with Gasteiger partial charge in [0.05, 0.1) is 16.6 Å². The molecule has 8 nitrogen and oxygen atoms in total. The Bertz CT molecular complexity index is 1070. The summed E-state index contributed by atoms with van der Waals surface area (Å²) in [4.78, 5) is 28.3. The fourth-order valence-corrected chi connectivity index (χ4v) is 3.21. The maximum Gasteiger partial charge on any atom is 0.341 e. The van der Waals surface area contributed by atoms with Gasteiger partial charge in [-0.2, -0.15) is 5.10 Å². The van der Waals surface area contributed by atoms with Crippen LogP contribution >= 0.6 is 0 Å². The zero-order chi connectivity index (χ0) is 19.8. The van der Waals surface area contributed by atoms with Crippen LogP contribution in [0.1, 0.15) is 40.5 Å². The van der Waals surface area contributed by atoms with Crippen molar-refractivity contribution in [1.82, 2.24) is 14.8 Å². The van der Waals surface area contributed by atoms with E-state index >= 15 is 0 Å². The van der Waals surface area contributed by atoms with Crippen LogP contribution in [-0.2, 0) is 11.8 Å². The Morgan fingerprint density at radius 3 is 2.64 bits per heavy atom. The van der Waals surface area contributed by atoms with Crippen LogP contribution in [0.4, 0.5) is 5.69 Å². The maximum absolute atomic E-state index is 13.0. The summed E-state index contributed by atoms with van der Waals surface area (Å²) in [5, 5.41) is 16.7. The highest BCUT2D eigenvalue weighted by atomic mass is 16.5. The summed E-state index contributed by atoms with van der Waals surface area (Å²) in [6.45, 7) is 1.46. The number of hydrogen-bond acceptors (Lipinski definition) is 5. The third-order valence-corrected chi connectivity index (χ3v) is 4.70. The van der Waals surface area contributed by atoms with Gasteiger partial charge in [-0.1, -0.05) is 0 Å². The van der Waals surface area contributed by atoms with E-state index in [2.05, 4.69) is 10.4 Å². The van der Waals surface area contributed by atoms with Crippen LogP contribution in [0.5, 0.6) is 5.75 Å². The van der Waals surface area contributed by atoms with Gasteiger partial charge >= 0.3 is 5.97 Å². The summed E-state index contributed by atoms with van der Waals surface area (Å²) in [7, 11) is 1.83. The summed E-state index contributed by atoms with van der Waals surface area (Å²) in [5.41, 5.74) is 3.55. The number of amides is 1. The minimum absolute atomic E-state index is 0.232. The fraction of sp³-hybridized carbons (Fsp3) is 0.300. The summed E-state index contributed by atoms with van der Waals surface area (Å²) in [5.74, 6) is -0.440. The monoisotopic (exact) mass is 380 g/mol. The number of carbonyl (C=O) groups excluding carboxylic acids is 1. The highest BCUT2D eigenvalue weighted by Crippen LogP contribution is 2.40. The number of aliphatic carboxylic acids is 1. The number of anilines is 1. The predicted molar refractivity (Wildman–Crippen MR) is 103 cm³/mol. The number of pyridine rings is 1. The van der Waals surface area contributed by atoms with Gasteiger partial charge in [-0.15, -0.1) is 0 Å². The molecule has 144 valence electrons. The van der Waals surface area contributed by atoms with Crippen molar-refractivity contribution in [2.24, 2.45) is 7.05 Å². The van der Waals surface area contributed by atoms with Gasteiger partial charge in [0.1, 0.15) is 5.75 Å². The first-order valence-electron chi connectivity index (χ1n) is 9.02. The standard InChI is InChI=1S/C20H20N4O4/c1-11-18-15(9-16(12-3-4-12)22-19(18)24(2)23-11)20(27)21-13-5-7-14(8-6-13)28-10-17(25)26/h5-9,12H,3-4,10H2,1-2H3,(H,21,27)(H,25,26). The number of aromatic nitrogens is 3. The van der Waals surface area contributed by atoms with Gasteiger partial charge < -0.3 is 15.2 Å². The zero-order valence-electron chi connectivity index (χ0n) is 15.6. The van der Waals surface area contributed by atoms with E-state index in [1.165, 1.54) is 0 Å². The van der Waals surface area contributed by atoms with Crippen LogP contribution in [-0.4, -0.2) is 38.4 Å². The van der Waals surface area contributed by atoms with Gasteiger partial charge in [-0.05, 0) is 50.1 Å². The second kappa shape index (κ2) is 6.95. The lowest BCUT2D eigenvalue weighted by molar-refractivity contribution is -0.139. The first kappa shape index (κ1) is 18.0. The molecule has 1 aliphatic carbocycles. The summed E-state index contributed by atoms with van der Waals surface area (Å²) < 4.78 is 6.82. The Labute approximate surface area is 161 Å². The zero-order valence-corrected chi connectivity index (χ0v) is 15.6. The van der Waals surface area contributed by atoms with E-state index in [-0.39, 0.29) is 5.91 Å². The van der Waals surface area contributed by atoms with Crippen LogP contribution in [0.2, 0.25) is 0 Å². The number of hydrogen-bond donors (Lipinski definition) is 2. The van der Waals surface area contributed by atoms with Crippen molar-refractivity contribution in [1.29, 1.82) is 0 Å². The summed E-state index contributed by atoms with van der Waals surface area (Å²) in [6, 6.07) is 8.45. The van der Waals surface area contributed by atoms with Gasteiger partial charge in [0.25, 0.3) is 5.91 Å². The molecule has 1 aromatic carbocycles. The van der Waals surface area contributed by atoms with Gasteiger partial charge in [0, 0.05) is 24.3 Å². The van der Waals surface area contributed by atoms with Gasteiger partial charge in [-0.25, -0.2) is 9.78 Å². The lowest BCUT2D eigenvalue weighted by Gasteiger charge is -2.10. The number of ether oxygens (including phenoxy) is 1. The third kappa shape index (κ3) is 3.53. The van der Waals surface area contributed by atoms with Crippen molar-refractivity contribution in [2.45, 2.75) is 25.7 Å². The number of fused-ring (bicyclic) bond motifs is 1. The summed E-state index contributed by atoms with van der Waals surface area (Å²) >= 11 is 0. The molecule has 0 atom stereocenters. The summed E-state index contributed by atoms with van der Waals surface area (Å²) in [6.07, 6.45) is 2.18. The number of nitrogens with zero attached hydrogens (tertiary/aromatic N) is 3. The molecule has 28 heavy (non-hydrogen) atoms. The Balaban J connectivity index is 1.61. The van der Waals surface area contributed by atoms with E-state index in [4.69, 9.17) is 14.8 Å². The molecule has 0 unspecified atom stereocenters. The van der Waals surface area contributed by atoms with E-state index in [0.29, 0.717) is 28.6 Å². The van der Waals surface area contributed by atoms with Gasteiger partial charge in [0.15, 0.2) is 12.3 Å². The molecule has 2 aromatic heterocycles. The number of aryl methyl sites for hydroxylation is 2. The molecule has 0 radical (unpaired) electrons. The molecule has 1 aliphatic rings. The van der Waals surface area contributed by atoms with Crippen molar-refractivity contribution < 1.29 is 19.4 Å². The molecule has 1 amide bonds. The largest absolute Gasteiger partial charge is 0.482 e. The predicted octanol–water partition coefficient (Wildman–Crippen LogP) is 2.87. The first-order valence-corrected chi connectivity index (χ1v) is 9.02. The van der Waals surface area contributed by atoms with Gasteiger partial charge in [-0.3, -0.25) is 9.48 Å². The molecule has 2 N–H and O–H groups in total. The van der Waals surface area contributed by atoms with Crippen molar-refractivity contribution >= 4 is 28.6 Å². The van der Waals surface area contributed by atoms with Crippen LogP contribution in [0.3, 0.4) is 0 Å². The van der Waals surface area contributed by atoms with E-state index < -0.39 is 12.6 Å². The van der Waals surface area contributed by atoms with Crippen LogP contribution in [0.15, 0.2) is 30.3 Å². The second-order valence-electron chi connectivity index (χ2n) is 6.94. The van der Waals surface area contributed by atoms with Gasteiger partial charge in [0.2, 0.25) is 0 Å². The molecule has 3 aromatic rings. The van der Waals surface area contributed by atoms with Crippen molar-refractivity contribution in [3.05, 3.63) is 47.3 Å². The molecule has 8 heteroatoms. The highest BCUT2D eigenvalue weighted by Gasteiger charge is 2.28. The molecule has 0 spiro atoms. The Morgan fingerprint density at radius 1 is 1.29 bits per heavy atom. The molecule has 2 heterocycles. The van der Waals surface area contributed by atoms with Crippen molar-refractivity contribution in [3.8, 4) is 5.75 Å². The number of nitrogens with one attached hydrogen (secondary N) is 1. The lowest BCUT2D eigenvalue weighted by Crippen LogP contribution is -2.14. The maximum atomic E-state index is 13.0. The average Bonchev–Trinajstić information content (AvgIpc) is 3.47. The van der Waals surface area contributed by atoms with Crippen LogP contribution < -0.4 is 10.1 Å². The molecule has 0 saturated heterocycles. The molecular formula is C20H20N4O4. The molecule has 0 aliphatic heterocycles. The first-order chi connectivity index (χ1) is 13.4. The normalized spacial score (nSPS) is 13.5. The second-order valence-corrected chi connectivity index (χ2v) is 6.94. The molecular weight excluding hydrogens is 360 g/mol. The van der Waals surface area contributed by atoms with Crippen molar-refractivity contribution in [2.75, 3.05) is 11.9 Å². The molecule has 0 bridgehead atoms. The molecule has 1 saturated carbocycles. The van der Waals surface area contributed by atoms with Crippen molar-refractivity contribution in [3.63, 3.8) is 0 Å². The molecule has 4 rings (SSSR count). The van der Waals surface area contributed by atoms with E-state index in [1.807, 2.05) is 20.0 Å². The Hall–Kier alpha value is -3.42. The fourth-order valence-electron chi connectivity index (χ4n) is 3.21. The Morgan fingerprint density at radius 2 is 2.00 bits per heavy atom. The number of carboxylic acid groups (broad SMARTS) is 1. The van der Waals surface area contributed by atoms with Crippen LogP contribution in [0, 0.1) is 6.92 Å². The SMILES string of the molecule is Cc1nn(C)c2nc(C3CC3)cc(C(=O)Nc3ccc(OCC(=O)O)cc3)c12. The number of carbonyl (C=O) groups is 2. The topological polar surface area (TPSA) is 106 Å². The quantitative estimate of drug-likeness (QED) is 0.681. The smallest absolute Gasteiger partial charge is 0.341 e. The third-order valence-electron chi connectivity index (χ3n) is 4.70. The highest BCUT2D eigenvalue weighted by molar-refractivity contribution is 6.12. The average molecular weight is 380 g/mol. The Kier molecular flexibility index (Phi) is 4.46. The lowest BCUT2D eigenvalue weighted by atomic mass is 10.1. The minimum atomic E-state index is -1.04. The molecule has 1 fully saturated rings. The minimum Gasteiger partial charge on any atom is -0.482 e.